The molecule has 1 aliphatic heterocycles. The van der Waals surface area contributed by atoms with Crippen LogP contribution in [0.5, 0.6) is 0 Å². The van der Waals surface area contributed by atoms with Crippen LogP contribution in [-0.4, -0.2) is 14.8 Å². The summed E-state index contributed by atoms with van der Waals surface area (Å²) in [4.78, 5) is 5.59. The maximum atomic E-state index is 6.42. The number of anilines is 1. The summed E-state index contributed by atoms with van der Waals surface area (Å²) in [5.41, 5.74) is 0.976. The number of fused-ring (bicyclic) bond motifs is 1. The summed E-state index contributed by atoms with van der Waals surface area (Å²) in [6, 6.07) is 10.1. The monoisotopic (exact) mass is 350 g/mol. The number of hydrogen-bond donors (Lipinski definition) is 1. The number of hydrogen-bond acceptors (Lipinski definition) is 4. The van der Waals surface area contributed by atoms with Crippen molar-refractivity contribution >= 4 is 40.5 Å². The molecule has 112 valence electrons. The first-order chi connectivity index (χ1) is 10.7. The third kappa shape index (κ3) is 2.29. The van der Waals surface area contributed by atoms with E-state index >= 15 is 0 Å². The molecule has 1 aliphatic rings. The summed E-state index contributed by atoms with van der Waals surface area (Å²) in [6.45, 7) is 0. The molecule has 2 atom stereocenters. The van der Waals surface area contributed by atoms with Gasteiger partial charge in [0.05, 0.1) is 22.1 Å². The van der Waals surface area contributed by atoms with E-state index in [0.29, 0.717) is 10.0 Å². The molecule has 0 saturated heterocycles. The quantitative estimate of drug-likeness (QED) is 0.722. The summed E-state index contributed by atoms with van der Waals surface area (Å²) in [7, 11) is 0. The van der Waals surface area contributed by atoms with Crippen LogP contribution >= 0.6 is 34.5 Å². The number of nitrogens with one attached hydrogen (secondary N) is 1. The van der Waals surface area contributed by atoms with Gasteiger partial charge in [0, 0.05) is 4.88 Å². The molecule has 0 spiro atoms. The van der Waals surface area contributed by atoms with Crippen molar-refractivity contribution in [3.63, 3.8) is 0 Å². The average molecular weight is 351 g/mol. The van der Waals surface area contributed by atoms with E-state index in [2.05, 4.69) is 32.9 Å². The van der Waals surface area contributed by atoms with Crippen LogP contribution in [-0.2, 0) is 0 Å². The average Bonchev–Trinajstić information content (AvgIpc) is 3.19. The third-order valence-corrected chi connectivity index (χ3v) is 5.68. The Bertz CT molecular complexity index is 800. The van der Waals surface area contributed by atoms with Crippen LogP contribution in [0.3, 0.4) is 0 Å². The fourth-order valence-corrected chi connectivity index (χ4v) is 4.06. The first kappa shape index (κ1) is 14.1. The Balaban J connectivity index is 1.80. The first-order valence-electron chi connectivity index (χ1n) is 6.87. The molecule has 0 amide bonds. The number of thiophene rings is 1. The molecular formula is C15H12Cl2N4S. The molecule has 4 nitrogen and oxygen atoms in total. The highest BCUT2D eigenvalue weighted by atomic mass is 35.5. The van der Waals surface area contributed by atoms with Crippen LogP contribution in [0.15, 0.2) is 42.0 Å². The molecule has 3 heterocycles. The lowest BCUT2D eigenvalue weighted by Crippen LogP contribution is -2.27. The van der Waals surface area contributed by atoms with Gasteiger partial charge in [-0.2, -0.15) is 10.1 Å². The van der Waals surface area contributed by atoms with Crippen molar-refractivity contribution in [2.45, 2.75) is 18.5 Å². The molecule has 22 heavy (non-hydrogen) atoms. The number of aromatic nitrogens is 3. The van der Waals surface area contributed by atoms with E-state index in [1.807, 2.05) is 16.8 Å². The minimum atomic E-state index is 0.0112. The molecule has 0 fully saturated rings. The second kappa shape index (κ2) is 5.57. The molecular weight excluding hydrogens is 339 g/mol. The Morgan fingerprint density at radius 2 is 2.14 bits per heavy atom. The number of nitrogens with zero attached hydrogens (tertiary/aromatic N) is 3. The van der Waals surface area contributed by atoms with E-state index in [0.717, 1.165) is 17.9 Å². The highest BCUT2D eigenvalue weighted by Crippen LogP contribution is 2.41. The van der Waals surface area contributed by atoms with E-state index in [-0.39, 0.29) is 12.1 Å². The first-order valence-corrected chi connectivity index (χ1v) is 8.51. The van der Waals surface area contributed by atoms with Crippen LogP contribution < -0.4 is 5.32 Å². The second-order valence-electron chi connectivity index (χ2n) is 5.14. The number of rotatable bonds is 2. The van der Waals surface area contributed by atoms with Crippen LogP contribution in [0, 0.1) is 0 Å². The predicted octanol–water partition coefficient (Wildman–Crippen LogP) is 4.79. The van der Waals surface area contributed by atoms with Gasteiger partial charge in [-0.05, 0) is 29.5 Å². The maximum Gasteiger partial charge on any atom is 0.222 e. The molecule has 1 N–H and O–H groups in total. The zero-order valence-electron chi connectivity index (χ0n) is 11.4. The molecule has 0 unspecified atom stereocenters. The van der Waals surface area contributed by atoms with Gasteiger partial charge in [-0.25, -0.2) is 4.68 Å². The predicted molar refractivity (Wildman–Crippen MR) is 89.9 cm³/mol. The van der Waals surface area contributed by atoms with Crippen molar-refractivity contribution in [3.05, 3.63) is 62.5 Å². The van der Waals surface area contributed by atoms with Gasteiger partial charge in [-0.3, -0.25) is 0 Å². The third-order valence-electron chi connectivity index (χ3n) is 3.86. The summed E-state index contributed by atoms with van der Waals surface area (Å²) in [6.07, 6.45) is 2.40. The second-order valence-corrected chi connectivity index (χ2v) is 6.90. The molecule has 2 aromatic heterocycles. The Morgan fingerprint density at radius 3 is 2.95 bits per heavy atom. The highest BCUT2D eigenvalue weighted by molar-refractivity contribution is 7.10. The summed E-state index contributed by atoms with van der Waals surface area (Å²) >= 11 is 14.3. The van der Waals surface area contributed by atoms with E-state index in [1.54, 1.807) is 23.7 Å². The van der Waals surface area contributed by atoms with Gasteiger partial charge in [0.25, 0.3) is 0 Å². The van der Waals surface area contributed by atoms with E-state index in [1.165, 1.54) is 4.88 Å². The molecule has 0 radical (unpaired) electrons. The Kier molecular flexibility index (Phi) is 3.56. The Hall–Kier alpha value is -1.56. The molecule has 4 rings (SSSR count). The smallest absolute Gasteiger partial charge is 0.222 e. The molecule has 0 bridgehead atoms. The summed E-state index contributed by atoms with van der Waals surface area (Å²) < 4.78 is 1.88. The fraction of sp³-hybridized carbons (Fsp3) is 0.200. The molecule has 7 heteroatoms. The van der Waals surface area contributed by atoms with Crippen LogP contribution in [0.25, 0.3) is 0 Å². The summed E-state index contributed by atoms with van der Waals surface area (Å²) in [5.74, 6) is 0.755. The van der Waals surface area contributed by atoms with Crippen LogP contribution in [0.4, 0.5) is 5.95 Å². The lowest BCUT2D eigenvalue weighted by atomic mass is 9.97. The molecule has 0 saturated carbocycles. The van der Waals surface area contributed by atoms with Crippen molar-refractivity contribution in [2.24, 2.45) is 0 Å². The fourth-order valence-electron chi connectivity index (χ4n) is 2.83. The highest BCUT2D eigenvalue weighted by Gasteiger charge is 2.31. The van der Waals surface area contributed by atoms with Gasteiger partial charge in [0.2, 0.25) is 5.95 Å². The zero-order chi connectivity index (χ0) is 15.1. The van der Waals surface area contributed by atoms with E-state index in [9.17, 15) is 0 Å². The van der Waals surface area contributed by atoms with Crippen molar-refractivity contribution < 1.29 is 0 Å². The van der Waals surface area contributed by atoms with Gasteiger partial charge < -0.3 is 5.32 Å². The lowest BCUT2D eigenvalue weighted by Gasteiger charge is -2.31. The van der Waals surface area contributed by atoms with Gasteiger partial charge in [-0.15, -0.1) is 11.3 Å². The van der Waals surface area contributed by atoms with Gasteiger partial charge in [-0.1, -0.05) is 41.4 Å². The molecule has 3 aromatic rings. The topological polar surface area (TPSA) is 42.7 Å². The van der Waals surface area contributed by atoms with Gasteiger partial charge in [0.15, 0.2) is 0 Å². The minimum Gasteiger partial charge on any atom is -0.347 e. The zero-order valence-corrected chi connectivity index (χ0v) is 13.7. The van der Waals surface area contributed by atoms with Crippen LogP contribution in [0.2, 0.25) is 10.0 Å². The maximum absolute atomic E-state index is 6.42. The van der Waals surface area contributed by atoms with Crippen LogP contribution in [0.1, 0.15) is 28.9 Å². The standard InChI is InChI=1S/C15H12Cl2N4S/c16-10-4-1-3-9(14(10)17)12-7-11(13-5-2-6-22-13)20-15-18-8-19-21(12)15/h1-6,8,11-12H,7H2,(H,18,19,20)/t11-,12+/m1/s1. The van der Waals surface area contributed by atoms with Crippen molar-refractivity contribution in [2.75, 3.05) is 5.32 Å². The van der Waals surface area contributed by atoms with E-state index < -0.39 is 0 Å². The van der Waals surface area contributed by atoms with Crippen molar-refractivity contribution in [1.82, 2.24) is 14.8 Å². The molecule has 0 aliphatic carbocycles. The normalized spacial score (nSPS) is 20.5. The number of benzene rings is 1. The Labute approximate surface area is 141 Å². The Morgan fingerprint density at radius 1 is 1.23 bits per heavy atom. The van der Waals surface area contributed by atoms with Gasteiger partial charge in [0.1, 0.15) is 6.33 Å². The summed E-state index contributed by atoms with van der Waals surface area (Å²) in [5, 5.41) is 11.0. The lowest BCUT2D eigenvalue weighted by molar-refractivity contribution is 0.433. The number of halogens is 2. The largest absolute Gasteiger partial charge is 0.347 e. The molecule has 1 aromatic carbocycles. The minimum absolute atomic E-state index is 0.0112. The van der Waals surface area contributed by atoms with Crippen molar-refractivity contribution in [3.8, 4) is 0 Å². The van der Waals surface area contributed by atoms with E-state index in [4.69, 9.17) is 23.2 Å². The van der Waals surface area contributed by atoms with Gasteiger partial charge >= 0.3 is 0 Å². The van der Waals surface area contributed by atoms with Crippen molar-refractivity contribution in [1.29, 1.82) is 0 Å². The SMILES string of the molecule is Clc1cccc([C@@H]2C[C@H](c3cccs3)Nc3ncnn32)c1Cl.